The van der Waals surface area contributed by atoms with Gasteiger partial charge in [-0.15, -0.1) is 0 Å². The molecule has 4 aromatic carbocycles. The molecule has 8 rings (SSSR count). The van der Waals surface area contributed by atoms with E-state index in [-0.39, 0.29) is 50.5 Å². The quantitative estimate of drug-likeness (QED) is 0.117. The molecule has 0 aliphatic heterocycles. The zero-order chi connectivity index (χ0) is 44.4. The van der Waals surface area contributed by atoms with Crippen molar-refractivity contribution in [2.45, 2.75) is 83.1 Å². The molecule has 0 bridgehead atoms. The minimum absolute atomic E-state index is 0. The van der Waals surface area contributed by atoms with Crippen molar-refractivity contribution in [1.82, 2.24) is 0 Å². The summed E-state index contributed by atoms with van der Waals surface area (Å²) in [7, 11) is 0. The Balaban J connectivity index is -0.000000890. The average Bonchev–Trinajstić information content (AvgIpc) is 3.39. The monoisotopic (exact) mass is 970 g/mol. The van der Waals surface area contributed by atoms with Gasteiger partial charge in [0.25, 0.3) is 0 Å². The van der Waals surface area contributed by atoms with E-state index >= 15 is 0 Å². The van der Waals surface area contributed by atoms with Gasteiger partial charge in [0.1, 0.15) is 0 Å². The van der Waals surface area contributed by atoms with Crippen LogP contribution in [0.3, 0.4) is 0 Å². The van der Waals surface area contributed by atoms with Crippen LogP contribution in [0, 0.1) is 50.5 Å². The number of nitrogens with zero attached hydrogens (tertiary/aromatic N) is 4. The summed E-state index contributed by atoms with van der Waals surface area (Å²) < 4.78 is 8.49. The fourth-order valence-electron chi connectivity index (χ4n) is 5.56. The fraction of sp³-hybridized carbons (Fsp3) is 0.207. The largest absolute Gasteiger partial charge is 0.358 e. The summed E-state index contributed by atoms with van der Waals surface area (Å²) in [6.07, 6.45) is 16.8. The maximum atomic E-state index is 2.15. The van der Waals surface area contributed by atoms with Gasteiger partial charge >= 0.3 is 0 Å². The molecular formula is C58H78LaN4+2. The van der Waals surface area contributed by atoms with Gasteiger partial charge in [0, 0.05) is 133 Å². The van der Waals surface area contributed by atoms with Crippen LogP contribution in [-0.2, 0) is 0 Å². The number of pyridine rings is 4. The van der Waals surface area contributed by atoms with Gasteiger partial charge in [-0.2, -0.15) is 18.3 Å². The summed E-state index contributed by atoms with van der Waals surface area (Å²) in [6.45, 7) is 24.0. The molecule has 0 saturated heterocycles. The second kappa shape index (κ2) is 39.5. The van der Waals surface area contributed by atoms with Crippen molar-refractivity contribution in [3.63, 3.8) is 0 Å². The molecule has 63 heavy (non-hydrogen) atoms. The molecule has 0 aliphatic carbocycles. The van der Waals surface area contributed by atoms with Gasteiger partial charge in [-0.25, -0.2) is 0 Å². The van der Waals surface area contributed by atoms with Crippen LogP contribution in [0.5, 0.6) is 0 Å². The molecule has 0 spiro atoms. The molecule has 0 N–H and O–H groups in total. The molecule has 4 nitrogen and oxygen atoms in total. The second-order valence-corrected chi connectivity index (χ2v) is 11.3. The molecule has 8 aromatic rings. The van der Waals surface area contributed by atoms with E-state index in [2.05, 4.69) is 213 Å². The van der Waals surface area contributed by atoms with Crippen LogP contribution < -0.4 is 18.3 Å². The van der Waals surface area contributed by atoms with Gasteiger partial charge in [0.15, 0.2) is 49.6 Å². The van der Waals surface area contributed by atoms with E-state index in [9.17, 15) is 0 Å². The summed E-state index contributed by atoms with van der Waals surface area (Å²) in [6, 6.07) is 58.5. The first-order valence-electron chi connectivity index (χ1n) is 22.1. The van der Waals surface area contributed by atoms with Crippen molar-refractivity contribution < 1.29 is 53.9 Å². The van der Waals surface area contributed by atoms with Gasteiger partial charge in [-0.05, 0) is 22.3 Å². The Labute approximate surface area is 413 Å². The van der Waals surface area contributed by atoms with Crippen LogP contribution in [0.25, 0.3) is 45.0 Å². The maximum absolute atomic E-state index is 2.15. The number of hydrogen-bond acceptors (Lipinski definition) is 0. The topological polar surface area (TPSA) is 15.5 Å². The molecule has 4 heterocycles. The summed E-state index contributed by atoms with van der Waals surface area (Å²) >= 11 is 0. The number of para-hydroxylation sites is 4. The number of rotatable bonds is 6. The van der Waals surface area contributed by atoms with Crippen molar-refractivity contribution in [3.05, 3.63) is 234 Å². The van der Waals surface area contributed by atoms with E-state index in [1.54, 1.807) is 0 Å². The first-order valence-corrected chi connectivity index (χ1v) is 22.1. The van der Waals surface area contributed by atoms with Crippen LogP contribution in [0.1, 0.15) is 83.1 Å². The van der Waals surface area contributed by atoms with Crippen molar-refractivity contribution in [1.29, 1.82) is 0 Å². The smallest absolute Gasteiger partial charge is 0.210 e. The SMILES string of the molecule is CC.CC.CC.CC.CC.CC.[CH3-].[CH3-].[La].c1ccc(-[n+]2ccc(-c3cc[n+](-c4ccccc4)cc3)cc2)cc1.c1ccc(-[n+]2ccc(-c3cc[n+](-c4ccccc4)cc3)cc2)cc1. The molecule has 4 aromatic heterocycles. The number of hydrogen-bond donors (Lipinski definition) is 0. The molecule has 1 radical (unpaired) electrons. The minimum atomic E-state index is 0. The van der Waals surface area contributed by atoms with Crippen molar-refractivity contribution in [2.75, 3.05) is 0 Å². The van der Waals surface area contributed by atoms with Crippen molar-refractivity contribution in [3.8, 4) is 45.0 Å². The molecule has 0 saturated carbocycles. The Kier molecular flexibility index (Phi) is 38.9. The fourth-order valence-corrected chi connectivity index (χ4v) is 5.56. The normalized spacial score (nSPS) is 8.57. The first kappa shape index (κ1) is 62.0. The molecule has 5 heteroatoms. The molecular weight excluding hydrogens is 892 g/mol. The Bertz CT molecular complexity index is 1830. The Morgan fingerprint density at radius 2 is 0.333 bits per heavy atom. The molecule has 0 atom stereocenters. The standard InChI is InChI=1S/2C22H18N2.6C2H6.2CH3.La/c2*1-3-7-21(8-4-1)23-15-11-19(12-16-23)20-13-17-24(18-14-20)22-9-5-2-6-10-22;6*1-2;;;/h2*1-18H;6*1-2H3;2*1H3;/q2*+2;;;;;;;2*-1;. The Hall–Kier alpha value is -5.33. The average molecular weight is 970 g/mol. The summed E-state index contributed by atoms with van der Waals surface area (Å²) in [4.78, 5) is 0. The van der Waals surface area contributed by atoms with Gasteiger partial charge < -0.3 is 14.9 Å². The Morgan fingerprint density at radius 3 is 0.460 bits per heavy atom. The van der Waals surface area contributed by atoms with E-state index in [1.807, 2.05) is 107 Å². The predicted molar refractivity (Wildman–Crippen MR) is 271 cm³/mol. The molecule has 331 valence electrons. The number of aromatic nitrogens is 4. The zero-order valence-corrected chi connectivity index (χ0v) is 44.8. The van der Waals surface area contributed by atoms with Gasteiger partial charge in [-0.1, -0.05) is 156 Å². The Morgan fingerprint density at radius 1 is 0.206 bits per heavy atom. The third-order valence-electron chi connectivity index (χ3n) is 8.20. The first-order chi connectivity index (χ1) is 29.8. The summed E-state index contributed by atoms with van der Waals surface area (Å²) in [5.41, 5.74) is 9.51. The second-order valence-electron chi connectivity index (χ2n) is 11.3. The molecule has 0 amide bonds. The van der Waals surface area contributed by atoms with Crippen LogP contribution in [-0.4, -0.2) is 0 Å². The van der Waals surface area contributed by atoms with E-state index in [0.717, 1.165) is 0 Å². The summed E-state index contributed by atoms with van der Waals surface area (Å²) in [5.74, 6) is 0. The third-order valence-corrected chi connectivity index (χ3v) is 8.20. The minimum Gasteiger partial charge on any atom is -0.358 e. The molecule has 0 unspecified atom stereocenters. The predicted octanol–water partition coefficient (Wildman–Crippen LogP) is 14.9. The van der Waals surface area contributed by atoms with Gasteiger partial charge in [-0.3, -0.25) is 0 Å². The summed E-state index contributed by atoms with van der Waals surface area (Å²) in [5, 5.41) is 0. The third kappa shape index (κ3) is 20.6. The van der Waals surface area contributed by atoms with Crippen LogP contribution in [0.4, 0.5) is 0 Å². The van der Waals surface area contributed by atoms with Crippen molar-refractivity contribution >= 4 is 0 Å². The van der Waals surface area contributed by atoms with Crippen LogP contribution in [0.2, 0.25) is 0 Å². The maximum Gasteiger partial charge on any atom is 0.210 e. The number of benzene rings is 4. The van der Waals surface area contributed by atoms with E-state index in [1.165, 1.54) is 45.0 Å². The van der Waals surface area contributed by atoms with Crippen molar-refractivity contribution in [2.24, 2.45) is 0 Å². The van der Waals surface area contributed by atoms with Crippen LogP contribution >= 0.6 is 0 Å². The molecule has 0 fully saturated rings. The molecule has 0 aliphatic rings. The van der Waals surface area contributed by atoms with E-state index in [4.69, 9.17) is 0 Å². The zero-order valence-electron chi connectivity index (χ0n) is 41.2. The van der Waals surface area contributed by atoms with E-state index < -0.39 is 0 Å². The van der Waals surface area contributed by atoms with Crippen LogP contribution in [0.15, 0.2) is 219 Å². The van der Waals surface area contributed by atoms with Gasteiger partial charge in [0.05, 0.1) is 0 Å². The van der Waals surface area contributed by atoms with E-state index in [0.29, 0.717) is 0 Å². The van der Waals surface area contributed by atoms with Gasteiger partial charge in [0.2, 0.25) is 22.7 Å².